The number of rotatable bonds is 1. The SMILES string of the molecule is CC1CCC(C(N)=O)C[NH2+]1. The van der Waals surface area contributed by atoms with E-state index in [-0.39, 0.29) is 11.8 Å². The number of amides is 1. The standard InChI is InChI=1S/C7H14N2O/c1-5-2-3-6(4-9-5)7(8)10/h5-6,9H,2-4H2,1H3,(H2,8,10)/p+1. The quantitative estimate of drug-likeness (QED) is 0.477. The molecule has 2 atom stereocenters. The number of quaternary nitrogens is 1. The summed E-state index contributed by atoms with van der Waals surface area (Å²) in [5, 5.41) is 2.19. The van der Waals surface area contributed by atoms with Crippen molar-refractivity contribution in [1.82, 2.24) is 0 Å². The zero-order valence-corrected chi connectivity index (χ0v) is 6.34. The lowest BCUT2D eigenvalue weighted by Gasteiger charge is -2.21. The number of carbonyl (C=O) groups excluding carboxylic acids is 1. The van der Waals surface area contributed by atoms with Gasteiger partial charge < -0.3 is 11.1 Å². The van der Waals surface area contributed by atoms with Crippen molar-refractivity contribution in [3.63, 3.8) is 0 Å². The molecule has 1 fully saturated rings. The molecule has 1 aliphatic heterocycles. The third kappa shape index (κ3) is 1.70. The molecule has 0 saturated carbocycles. The average molecular weight is 143 g/mol. The van der Waals surface area contributed by atoms with Gasteiger partial charge in [0, 0.05) is 0 Å². The molecule has 58 valence electrons. The Kier molecular flexibility index (Phi) is 2.27. The Hall–Kier alpha value is -0.570. The molecule has 10 heavy (non-hydrogen) atoms. The first-order chi connectivity index (χ1) is 4.70. The Morgan fingerprint density at radius 3 is 2.70 bits per heavy atom. The van der Waals surface area contributed by atoms with Crippen molar-refractivity contribution in [3.8, 4) is 0 Å². The maximum atomic E-state index is 10.7. The molecule has 1 saturated heterocycles. The molecule has 0 bridgehead atoms. The predicted octanol–water partition coefficient (Wildman–Crippen LogP) is -1.17. The fourth-order valence-corrected chi connectivity index (χ4v) is 1.35. The maximum absolute atomic E-state index is 10.7. The van der Waals surface area contributed by atoms with Crippen molar-refractivity contribution >= 4 is 5.91 Å². The summed E-state index contributed by atoms with van der Waals surface area (Å²) >= 11 is 0. The van der Waals surface area contributed by atoms with Crippen molar-refractivity contribution < 1.29 is 10.1 Å². The molecule has 0 spiro atoms. The fourth-order valence-electron chi connectivity index (χ4n) is 1.35. The number of carbonyl (C=O) groups is 1. The van der Waals surface area contributed by atoms with E-state index in [1.807, 2.05) is 0 Å². The molecule has 1 amide bonds. The Morgan fingerprint density at radius 2 is 2.30 bits per heavy atom. The Bertz CT molecular complexity index is 128. The van der Waals surface area contributed by atoms with E-state index < -0.39 is 0 Å². The molecule has 1 aliphatic rings. The van der Waals surface area contributed by atoms with Gasteiger partial charge in [-0.3, -0.25) is 4.79 Å². The van der Waals surface area contributed by atoms with Gasteiger partial charge in [-0.15, -0.1) is 0 Å². The molecular weight excluding hydrogens is 128 g/mol. The van der Waals surface area contributed by atoms with Gasteiger partial charge in [0.2, 0.25) is 5.91 Å². The van der Waals surface area contributed by atoms with Crippen LogP contribution >= 0.6 is 0 Å². The fraction of sp³-hybridized carbons (Fsp3) is 0.857. The lowest BCUT2D eigenvalue weighted by atomic mass is 9.95. The molecule has 0 radical (unpaired) electrons. The van der Waals surface area contributed by atoms with Crippen LogP contribution in [0, 0.1) is 5.92 Å². The van der Waals surface area contributed by atoms with E-state index in [1.54, 1.807) is 0 Å². The van der Waals surface area contributed by atoms with E-state index in [1.165, 1.54) is 0 Å². The van der Waals surface area contributed by atoms with Crippen LogP contribution in [0.5, 0.6) is 0 Å². The monoisotopic (exact) mass is 143 g/mol. The topological polar surface area (TPSA) is 59.7 Å². The summed E-state index contributed by atoms with van der Waals surface area (Å²) in [4.78, 5) is 10.7. The second-order valence-corrected chi connectivity index (χ2v) is 3.13. The van der Waals surface area contributed by atoms with Crippen molar-refractivity contribution in [2.24, 2.45) is 11.7 Å². The van der Waals surface area contributed by atoms with Gasteiger partial charge in [0.15, 0.2) is 0 Å². The average Bonchev–Trinajstić information content (AvgIpc) is 1.88. The van der Waals surface area contributed by atoms with Crippen LogP contribution in [0.3, 0.4) is 0 Å². The highest BCUT2D eigenvalue weighted by atomic mass is 16.1. The van der Waals surface area contributed by atoms with Crippen LogP contribution in [0.4, 0.5) is 0 Å². The Morgan fingerprint density at radius 1 is 1.60 bits per heavy atom. The van der Waals surface area contributed by atoms with Crippen LogP contribution in [-0.2, 0) is 4.79 Å². The summed E-state index contributed by atoms with van der Waals surface area (Å²) in [7, 11) is 0. The molecule has 1 heterocycles. The molecule has 1 rings (SSSR count). The first kappa shape index (κ1) is 7.54. The largest absolute Gasteiger partial charge is 0.369 e. The first-order valence-electron chi connectivity index (χ1n) is 3.83. The van der Waals surface area contributed by atoms with E-state index in [4.69, 9.17) is 5.73 Å². The number of nitrogens with two attached hydrogens (primary N) is 2. The maximum Gasteiger partial charge on any atom is 0.226 e. The highest BCUT2D eigenvalue weighted by Gasteiger charge is 2.24. The summed E-state index contributed by atoms with van der Waals surface area (Å²) in [6.07, 6.45) is 2.10. The number of piperidine rings is 1. The van der Waals surface area contributed by atoms with Crippen molar-refractivity contribution in [2.45, 2.75) is 25.8 Å². The van der Waals surface area contributed by atoms with Gasteiger partial charge in [-0.25, -0.2) is 0 Å². The molecule has 0 aliphatic carbocycles. The van der Waals surface area contributed by atoms with E-state index in [9.17, 15) is 4.79 Å². The van der Waals surface area contributed by atoms with Crippen molar-refractivity contribution in [2.75, 3.05) is 6.54 Å². The van der Waals surface area contributed by atoms with E-state index >= 15 is 0 Å². The normalized spacial score (nSPS) is 33.7. The van der Waals surface area contributed by atoms with Crippen LogP contribution in [-0.4, -0.2) is 18.5 Å². The van der Waals surface area contributed by atoms with Gasteiger partial charge in [0.25, 0.3) is 0 Å². The summed E-state index contributed by atoms with van der Waals surface area (Å²) in [6, 6.07) is 0.676. The van der Waals surface area contributed by atoms with Gasteiger partial charge in [0.05, 0.1) is 18.5 Å². The van der Waals surface area contributed by atoms with Crippen LogP contribution < -0.4 is 11.1 Å². The molecule has 0 aromatic carbocycles. The van der Waals surface area contributed by atoms with Gasteiger partial charge in [0.1, 0.15) is 0 Å². The molecule has 0 aromatic rings. The first-order valence-corrected chi connectivity index (χ1v) is 3.83. The molecule has 3 heteroatoms. The summed E-state index contributed by atoms with van der Waals surface area (Å²) in [5.41, 5.74) is 5.15. The lowest BCUT2D eigenvalue weighted by Crippen LogP contribution is -2.92. The van der Waals surface area contributed by atoms with Crippen LogP contribution in [0.2, 0.25) is 0 Å². The third-order valence-corrected chi connectivity index (χ3v) is 2.20. The molecule has 0 aromatic heterocycles. The molecule has 2 unspecified atom stereocenters. The molecule has 3 nitrogen and oxygen atoms in total. The van der Waals surface area contributed by atoms with Crippen LogP contribution in [0.15, 0.2) is 0 Å². The van der Waals surface area contributed by atoms with Crippen molar-refractivity contribution in [1.29, 1.82) is 0 Å². The second-order valence-electron chi connectivity index (χ2n) is 3.13. The van der Waals surface area contributed by atoms with Gasteiger partial charge in [-0.05, 0) is 19.8 Å². The Labute approximate surface area is 61.0 Å². The van der Waals surface area contributed by atoms with E-state index in [0.717, 1.165) is 19.4 Å². The second kappa shape index (κ2) is 3.01. The highest BCUT2D eigenvalue weighted by molar-refractivity contribution is 5.76. The van der Waals surface area contributed by atoms with E-state index in [0.29, 0.717) is 6.04 Å². The summed E-state index contributed by atoms with van der Waals surface area (Å²) in [5.74, 6) is -0.0145. The smallest absolute Gasteiger partial charge is 0.226 e. The minimum absolute atomic E-state index is 0.121. The minimum Gasteiger partial charge on any atom is -0.369 e. The molecular formula is C7H15N2O+. The van der Waals surface area contributed by atoms with Crippen LogP contribution in [0.1, 0.15) is 19.8 Å². The summed E-state index contributed by atoms with van der Waals surface area (Å²) in [6.45, 7) is 3.06. The Balaban J connectivity index is 2.33. The number of primary amides is 1. The van der Waals surface area contributed by atoms with Gasteiger partial charge in [-0.1, -0.05) is 0 Å². The third-order valence-electron chi connectivity index (χ3n) is 2.20. The van der Waals surface area contributed by atoms with E-state index in [2.05, 4.69) is 12.2 Å². The number of hydrogen-bond donors (Lipinski definition) is 2. The zero-order valence-electron chi connectivity index (χ0n) is 6.34. The lowest BCUT2D eigenvalue weighted by molar-refractivity contribution is -0.698. The predicted molar refractivity (Wildman–Crippen MR) is 38.2 cm³/mol. The van der Waals surface area contributed by atoms with Crippen molar-refractivity contribution in [3.05, 3.63) is 0 Å². The zero-order chi connectivity index (χ0) is 7.56. The summed E-state index contributed by atoms with van der Waals surface area (Å²) < 4.78 is 0. The highest BCUT2D eigenvalue weighted by Crippen LogP contribution is 2.08. The van der Waals surface area contributed by atoms with Gasteiger partial charge >= 0.3 is 0 Å². The van der Waals surface area contributed by atoms with Crippen LogP contribution in [0.25, 0.3) is 0 Å². The minimum atomic E-state index is -0.136. The van der Waals surface area contributed by atoms with Gasteiger partial charge in [-0.2, -0.15) is 0 Å². The number of hydrogen-bond acceptors (Lipinski definition) is 1. The molecule has 4 N–H and O–H groups in total.